The van der Waals surface area contributed by atoms with Gasteiger partial charge in [-0.15, -0.1) is 0 Å². The van der Waals surface area contributed by atoms with Gasteiger partial charge in [-0.2, -0.15) is 4.72 Å². The van der Waals surface area contributed by atoms with E-state index in [1.807, 2.05) is 66.9 Å². The van der Waals surface area contributed by atoms with Gasteiger partial charge in [-0.3, -0.25) is 4.79 Å². The summed E-state index contributed by atoms with van der Waals surface area (Å²) in [5.74, 6) is 6.12. The van der Waals surface area contributed by atoms with Gasteiger partial charge >= 0.3 is 5.97 Å². The number of para-hydroxylation sites is 1. The first-order valence-electron chi connectivity index (χ1n) is 12.8. The second-order valence-corrected chi connectivity index (χ2v) is 10.8. The van der Waals surface area contributed by atoms with Gasteiger partial charge in [0.1, 0.15) is 18.9 Å². The average Bonchev–Trinajstić information content (AvgIpc) is 3.40. The van der Waals surface area contributed by atoms with Crippen molar-refractivity contribution in [2.45, 2.75) is 18.4 Å². The molecule has 0 bridgehead atoms. The van der Waals surface area contributed by atoms with Gasteiger partial charge in [0, 0.05) is 28.2 Å². The van der Waals surface area contributed by atoms with Crippen LogP contribution >= 0.6 is 0 Å². The number of esters is 1. The summed E-state index contributed by atoms with van der Waals surface area (Å²) < 4.78 is 36.7. The Labute approximate surface area is 240 Å². The van der Waals surface area contributed by atoms with Crippen molar-refractivity contribution < 1.29 is 22.7 Å². The predicted molar refractivity (Wildman–Crippen MR) is 160 cm³/mol. The van der Waals surface area contributed by atoms with Gasteiger partial charge in [0.05, 0.1) is 12.0 Å². The molecule has 208 valence electrons. The number of aromatic nitrogens is 1. The Morgan fingerprint density at radius 2 is 1.44 bits per heavy atom. The van der Waals surface area contributed by atoms with Crippen molar-refractivity contribution in [1.29, 1.82) is 0 Å². The lowest BCUT2D eigenvalue weighted by Crippen LogP contribution is -2.30. The van der Waals surface area contributed by atoms with Crippen LogP contribution in [-0.4, -0.2) is 33.0 Å². The van der Waals surface area contributed by atoms with E-state index in [1.165, 1.54) is 35.7 Å². The van der Waals surface area contributed by atoms with E-state index in [9.17, 15) is 13.2 Å². The number of H-pyrrole nitrogens is 1. The third kappa shape index (κ3) is 8.57. The lowest BCUT2D eigenvalue weighted by molar-refractivity contribution is -0.139. The Morgan fingerprint density at radius 3 is 2.07 bits per heavy atom. The van der Waals surface area contributed by atoms with Crippen molar-refractivity contribution >= 4 is 26.9 Å². The Hall–Kier alpha value is -4.84. The molecule has 41 heavy (non-hydrogen) atoms. The zero-order valence-corrected chi connectivity index (χ0v) is 23.6. The summed E-state index contributed by atoms with van der Waals surface area (Å²) in [7, 11) is -2.60. The molecule has 7 nitrogen and oxygen atoms in total. The quantitative estimate of drug-likeness (QED) is 0.198. The largest absolute Gasteiger partial charge is 0.489 e. The summed E-state index contributed by atoms with van der Waals surface area (Å²) in [4.78, 5) is 14.3. The molecule has 5 aromatic rings. The number of fused-ring (bicyclic) bond motifs is 1. The maximum absolute atomic E-state index is 12.2. The van der Waals surface area contributed by atoms with Gasteiger partial charge < -0.3 is 14.5 Å². The van der Waals surface area contributed by atoms with E-state index in [-0.39, 0.29) is 4.90 Å². The molecular formula is C33H30N2O5S. The van der Waals surface area contributed by atoms with E-state index in [4.69, 9.17) is 4.74 Å². The maximum Gasteiger partial charge on any atom is 0.320 e. The van der Waals surface area contributed by atoms with E-state index in [0.29, 0.717) is 12.2 Å². The Morgan fingerprint density at radius 1 is 0.829 bits per heavy atom. The molecule has 8 heteroatoms. The Kier molecular flexibility index (Phi) is 9.94. The normalized spacial score (nSPS) is 10.6. The smallest absolute Gasteiger partial charge is 0.320 e. The standard InChI is InChI=1S/C24H21NO5S.C9H9N/c1-29-24(26)17-25-31(27,28)23-15-11-20(12-16-23)8-7-19-9-13-22(14-10-19)30-18-21-5-3-2-4-6-21;1-7-6-10-9-5-3-2-4-8(7)9/h2-6,9-16,25H,17-18H2,1H3;2-6,10H,1H3. The number of benzene rings is 4. The SMILES string of the molecule is COC(=O)CNS(=O)(=O)c1ccc(C#Cc2ccc(OCc3ccccc3)cc2)cc1.Cc1c[nH]c2ccccc12. The van der Waals surface area contributed by atoms with E-state index in [1.54, 1.807) is 12.1 Å². The summed E-state index contributed by atoms with van der Waals surface area (Å²) in [5, 5.41) is 1.32. The van der Waals surface area contributed by atoms with Crippen LogP contribution in [-0.2, 0) is 26.2 Å². The van der Waals surface area contributed by atoms with Gasteiger partial charge in [0.2, 0.25) is 10.0 Å². The first kappa shape index (κ1) is 29.2. The molecule has 4 aromatic carbocycles. The number of ether oxygens (including phenoxy) is 2. The number of rotatable bonds is 7. The van der Waals surface area contributed by atoms with E-state index < -0.39 is 22.5 Å². The number of aromatic amines is 1. The topological polar surface area (TPSA) is 97.5 Å². The molecule has 2 N–H and O–H groups in total. The van der Waals surface area contributed by atoms with E-state index in [2.05, 4.69) is 51.4 Å². The van der Waals surface area contributed by atoms with Crippen LogP contribution < -0.4 is 9.46 Å². The van der Waals surface area contributed by atoms with Crippen LogP contribution in [0.4, 0.5) is 0 Å². The first-order chi connectivity index (χ1) is 19.8. The molecule has 0 aliphatic rings. The van der Waals surface area contributed by atoms with Crippen LogP contribution in [0.15, 0.2) is 114 Å². The van der Waals surface area contributed by atoms with Crippen molar-refractivity contribution in [3.63, 3.8) is 0 Å². The fraction of sp³-hybridized carbons (Fsp3) is 0.121. The highest BCUT2D eigenvalue weighted by atomic mass is 32.2. The number of carbonyl (C=O) groups excluding carboxylic acids is 1. The van der Waals surface area contributed by atoms with Crippen molar-refractivity contribution in [3.05, 3.63) is 132 Å². The number of hydrogen-bond donors (Lipinski definition) is 2. The van der Waals surface area contributed by atoms with Crippen LogP contribution in [0.5, 0.6) is 5.75 Å². The van der Waals surface area contributed by atoms with Gasteiger partial charge in [-0.25, -0.2) is 8.42 Å². The second kappa shape index (κ2) is 14.0. The maximum atomic E-state index is 12.2. The van der Waals surface area contributed by atoms with Crippen LogP contribution in [0, 0.1) is 18.8 Å². The summed E-state index contributed by atoms with van der Waals surface area (Å²) in [6.45, 7) is 2.18. The molecule has 1 aromatic heterocycles. The third-order valence-electron chi connectivity index (χ3n) is 6.05. The van der Waals surface area contributed by atoms with Crippen LogP contribution in [0.3, 0.4) is 0 Å². The summed E-state index contributed by atoms with van der Waals surface area (Å²) in [6.07, 6.45) is 2.03. The van der Waals surface area contributed by atoms with E-state index in [0.717, 1.165) is 16.9 Å². The number of aryl methyl sites for hydroxylation is 1. The van der Waals surface area contributed by atoms with Crippen LogP contribution in [0.25, 0.3) is 10.9 Å². The third-order valence-corrected chi connectivity index (χ3v) is 7.47. The van der Waals surface area contributed by atoms with Crippen molar-refractivity contribution in [2.24, 2.45) is 0 Å². The zero-order valence-electron chi connectivity index (χ0n) is 22.8. The predicted octanol–water partition coefficient (Wildman–Crippen LogP) is 5.59. The van der Waals surface area contributed by atoms with Gasteiger partial charge in [-0.1, -0.05) is 60.4 Å². The summed E-state index contributed by atoms with van der Waals surface area (Å²) in [6, 6.07) is 31.8. The van der Waals surface area contributed by atoms with Crippen LogP contribution in [0.1, 0.15) is 22.3 Å². The highest BCUT2D eigenvalue weighted by molar-refractivity contribution is 7.89. The summed E-state index contributed by atoms with van der Waals surface area (Å²) >= 11 is 0. The van der Waals surface area contributed by atoms with Crippen molar-refractivity contribution in [1.82, 2.24) is 9.71 Å². The van der Waals surface area contributed by atoms with Gasteiger partial charge in [0.25, 0.3) is 0 Å². The molecule has 0 radical (unpaired) electrons. The molecule has 0 spiro atoms. The van der Waals surface area contributed by atoms with Crippen molar-refractivity contribution in [2.75, 3.05) is 13.7 Å². The average molecular weight is 567 g/mol. The molecule has 5 rings (SSSR count). The Balaban J connectivity index is 0.000000322. The molecule has 0 unspecified atom stereocenters. The van der Waals surface area contributed by atoms with Crippen LogP contribution in [0.2, 0.25) is 0 Å². The minimum Gasteiger partial charge on any atom is -0.489 e. The fourth-order valence-corrected chi connectivity index (χ4v) is 4.73. The monoisotopic (exact) mass is 566 g/mol. The molecule has 0 saturated heterocycles. The van der Waals surface area contributed by atoms with Gasteiger partial charge in [-0.05, 0) is 72.6 Å². The summed E-state index contributed by atoms with van der Waals surface area (Å²) in [5.41, 5.74) is 5.10. The van der Waals surface area contributed by atoms with E-state index >= 15 is 0 Å². The van der Waals surface area contributed by atoms with Crippen molar-refractivity contribution in [3.8, 4) is 17.6 Å². The molecule has 0 saturated carbocycles. The molecular weight excluding hydrogens is 536 g/mol. The number of carbonyl (C=O) groups is 1. The molecule has 0 aliphatic carbocycles. The lowest BCUT2D eigenvalue weighted by atomic mass is 10.2. The number of nitrogens with one attached hydrogen (secondary N) is 2. The number of hydrogen-bond acceptors (Lipinski definition) is 5. The Bertz CT molecular complexity index is 1750. The lowest BCUT2D eigenvalue weighted by Gasteiger charge is -2.06. The molecule has 1 heterocycles. The number of methoxy groups -OCH3 is 1. The zero-order chi connectivity index (χ0) is 29.1. The first-order valence-corrected chi connectivity index (χ1v) is 14.3. The second-order valence-electron chi connectivity index (χ2n) is 8.99. The minimum absolute atomic E-state index is 0.0434. The van der Waals surface area contributed by atoms with Gasteiger partial charge in [0.15, 0.2) is 0 Å². The highest BCUT2D eigenvalue weighted by Gasteiger charge is 2.15. The molecule has 0 atom stereocenters. The fourth-order valence-electron chi connectivity index (χ4n) is 3.76. The minimum atomic E-state index is -3.79. The number of sulfonamides is 1. The molecule has 0 aliphatic heterocycles. The molecule has 0 amide bonds. The highest BCUT2D eigenvalue weighted by Crippen LogP contribution is 2.16. The molecule has 0 fully saturated rings.